The molecule has 0 bridgehead atoms. The van der Waals surface area contributed by atoms with Crippen LogP contribution in [0.4, 0.5) is 0 Å². The Balaban J connectivity index is 1.71. The standard InChI is InChI=1S/C18H19ClN2O5S/c19-16-7-6-15(18(22)20-26-13-14-4-2-1-3-5-14)12-17(16)27(23,24)21-8-10-25-11-9-21/h1-7,12H,8-11,13H2,(H,20,22). The predicted molar refractivity (Wildman–Crippen MR) is 99.7 cm³/mol. The number of sulfonamides is 1. The predicted octanol–water partition coefficient (Wildman–Crippen LogP) is 2.22. The Labute approximate surface area is 162 Å². The first kappa shape index (κ1) is 19.8. The quantitative estimate of drug-likeness (QED) is 0.738. The fourth-order valence-corrected chi connectivity index (χ4v) is 4.49. The number of carbonyl (C=O) groups excluding carboxylic acids is 1. The Morgan fingerprint density at radius 2 is 1.85 bits per heavy atom. The van der Waals surface area contributed by atoms with Gasteiger partial charge < -0.3 is 4.74 Å². The Kier molecular flexibility index (Phi) is 6.46. The molecule has 2 aromatic rings. The number of carbonyl (C=O) groups is 1. The van der Waals surface area contributed by atoms with Gasteiger partial charge in [-0.15, -0.1) is 0 Å². The number of nitrogens with zero attached hydrogens (tertiary/aromatic N) is 1. The van der Waals surface area contributed by atoms with Gasteiger partial charge in [-0.2, -0.15) is 4.31 Å². The van der Waals surface area contributed by atoms with E-state index in [1.54, 1.807) is 0 Å². The van der Waals surface area contributed by atoms with Gasteiger partial charge in [0.05, 0.1) is 24.8 Å². The summed E-state index contributed by atoms with van der Waals surface area (Å²) < 4.78 is 32.1. The second-order valence-corrected chi connectivity index (χ2v) is 8.18. The molecular formula is C18H19ClN2O5S. The van der Waals surface area contributed by atoms with E-state index in [-0.39, 0.29) is 35.2 Å². The topological polar surface area (TPSA) is 84.9 Å². The minimum Gasteiger partial charge on any atom is -0.379 e. The van der Waals surface area contributed by atoms with Crippen LogP contribution in [0.3, 0.4) is 0 Å². The van der Waals surface area contributed by atoms with E-state index < -0.39 is 15.9 Å². The largest absolute Gasteiger partial charge is 0.379 e. The highest BCUT2D eigenvalue weighted by molar-refractivity contribution is 7.89. The highest BCUT2D eigenvalue weighted by atomic mass is 35.5. The minimum atomic E-state index is -3.81. The fourth-order valence-electron chi connectivity index (χ4n) is 2.59. The van der Waals surface area contributed by atoms with Gasteiger partial charge in [0, 0.05) is 18.7 Å². The molecule has 144 valence electrons. The van der Waals surface area contributed by atoms with Gasteiger partial charge in [0.2, 0.25) is 10.0 Å². The van der Waals surface area contributed by atoms with Crippen molar-refractivity contribution in [1.82, 2.24) is 9.79 Å². The van der Waals surface area contributed by atoms with Gasteiger partial charge in [-0.1, -0.05) is 41.9 Å². The van der Waals surface area contributed by atoms with Crippen LogP contribution >= 0.6 is 11.6 Å². The molecule has 27 heavy (non-hydrogen) atoms. The number of nitrogens with one attached hydrogen (secondary N) is 1. The van der Waals surface area contributed by atoms with Crippen molar-refractivity contribution in [3.8, 4) is 0 Å². The normalized spacial score (nSPS) is 15.4. The zero-order chi connectivity index (χ0) is 19.3. The molecule has 1 fully saturated rings. The van der Waals surface area contributed by atoms with E-state index in [2.05, 4.69) is 5.48 Å². The third-order valence-corrected chi connectivity index (χ3v) is 6.41. The number of morpholine rings is 1. The molecule has 0 aromatic heterocycles. The summed E-state index contributed by atoms with van der Waals surface area (Å²) in [6, 6.07) is 13.4. The van der Waals surface area contributed by atoms with Gasteiger partial charge in [-0.3, -0.25) is 9.63 Å². The van der Waals surface area contributed by atoms with Gasteiger partial charge in [0.25, 0.3) is 5.91 Å². The lowest BCUT2D eigenvalue weighted by Gasteiger charge is -2.26. The monoisotopic (exact) mass is 410 g/mol. The maximum absolute atomic E-state index is 12.8. The summed E-state index contributed by atoms with van der Waals surface area (Å²) >= 11 is 6.09. The second kappa shape index (κ2) is 8.81. The SMILES string of the molecule is O=C(NOCc1ccccc1)c1ccc(Cl)c(S(=O)(=O)N2CCOCC2)c1. The van der Waals surface area contributed by atoms with Crippen molar-refractivity contribution >= 4 is 27.5 Å². The Hall–Kier alpha value is -1.97. The van der Waals surface area contributed by atoms with Crippen LogP contribution in [0.5, 0.6) is 0 Å². The smallest absolute Gasteiger partial charge is 0.274 e. The minimum absolute atomic E-state index is 0.0586. The first-order valence-corrected chi connectivity index (χ1v) is 10.1. The van der Waals surface area contributed by atoms with E-state index in [0.717, 1.165) is 5.56 Å². The van der Waals surface area contributed by atoms with Crippen LogP contribution in [0.2, 0.25) is 5.02 Å². The fraction of sp³-hybridized carbons (Fsp3) is 0.278. The molecule has 2 aromatic carbocycles. The number of hydrogen-bond acceptors (Lipinski definition) is 5. The number of halogens is 1. The summed E-state index contributed by atoms with van der Waals surface area (Å²) in [5.41, 5.74) is 3.35. The molecule has 7 nitrogen and oxygen atoms in total. The maximum atomic E-state index is 12.8. The first-order chi connectivity index (χ1) is 13.0. The van der Waals surface area contributed by atoms with Crippen molar-refractivity contribution in [2.24, 2.45) is 0 Å². The highest BCUT2D eigenvalue weighted by Gasteiger charge is 2.29. The zero-order valence-electron chi connectivity index (χ0n) is 14.4. The van der Waals surface area contributed by atoms with Gasteiger partial charge in [-0.25, -0.2) is 13.9 Å². The van der Waals surface area contributed by atoms with Crippen molar-refractivity contribution in [3.05, 3.63) is 64.7 Å². The molecule has 0 unspecified atom stereocenters. The molecule has 1 aliphatic rings. The van der Waals surface area contributed by atoms with Crippen molar-refractivity contribution in [2.45, 2.75) is 11.5 Å². The summed E-state index contributed by atoms with van der Waals surface area (Å²) in [5.74, 6) is -0.555. The van der Waals surface area contributed by atoms with Gasteiger partial charge in [-0.05, 0) is 23.8 Å². The molecular weight excluding hydrogens is 392 g/mol. The van der Waals surface area contributed by atoms with Crippen molar-refractivity contribution in [1.29, 1.82) is 0 Å². The van der Waals surface area contributed by atoms with E-state index in [0.29, 0.717) is 13.2 Å². The number of amides is 1. The molecule has 0 spiro atoms. The summed E-state index contributed by atoms with van der Waals surface area (Å²) in [5, 5.41) is 0.0586. The first-order valence-electron chi connectivity index (χ1n) is 8.32. The zero-order valence-corrected chi connectivity index (χ0v) is 16.0. The molecule has 1 aliphatic heterocycles. The van der Waals surface area contributed by atoms with E-state index in [4.69, 9.17) is 21.2 Å². The average molecular weight is 411 g/mol. The summed E-state index contributed by atoms with van der Waals surface area (Å²) in [6.45, 7) is 1.33. The number of ether oxygens (including phenoxy) is 1. The lowest BCUT2D eigenvalue weighted by Crippen LogP contribution is -2.40. The number of rotatable bonds is 6. The lowest BCUT2D eigenvalue weighted by atomic mass is 10.2. The van der Waals surface area contributed by atoms with Crippen LogP contribution in [-0.2, 0) is 26.2 Å². The van der Waals surface area contributed by atoms with Crippen molar-refractivity contribution < 1.29 is 22.8 Å². The average Bonchev–Trinajstić information content (AvgIpc) is 2.69. The van der Waals surface area contributed by atoms with Crippen molar-refractivity contribution in [3.63, 3.8) is 0 Å². The van der Waals surface area contributed by atoms with Crippen molar-refractivity contribution in [2.75, 3.05) is 26.3 Å². The molecule has 0 radical (unpaired) electrons. The van der Waals surface area contributed by atoms with E-state index in [9.17, 15) is 13.2 Å². The van der Waals surface area contributed by atoms with Crippen LogP contribution < -0.4 is 5.48 Å². The van der Waals surface area contributed by atoms with Gasteiger partial charge >= 0.3 is 0 Å². The highest BCUT2D eigenvalue weighted by Crippen LogP contribution is 2.26. The Morgan fingerprint density at radius 1 is 1.15 bits per heavy atom. The summed E-state index contributed by atoms with van der Waals surface area (Å²) in [6.07, 6.45) is 0. The maximum Gasteiger partial charge on any atom is 0.274 e. The Bertz CT molecular complexity index is 899. The number of benzene rings is 2. The number of hydroxylamine groups is 1. The van der Waals surface area contributed by atoms with E-state index in [1.165, 1.54) is 22.5 Å². The van der Waals surface area contributed by atoms with Gasteiger partial charge in [0.1, 0.15) is 4.90 Å². The molecule has 3 rings (SSSR count). The molecule has 1 amide bonds. The lowest BCUT2D eigenvalue weighted by molar-refractivity contribution is 0.0233. The summed E-state index contributed by atoms with van der Waals surface area (Å²) in [4.78, 5) is 17.4. The molecule has 0 aliphatic carbocycles. The molecule has 1 N–H and O–H groups in total. The van der Waals surface area contributed by atoms with Crippen LogP contribution in [0.1, 0.15) is 15.9 Å². The molecule has 0 atom stereocenters. The van der Waals surface area contributed by atoms with Crippen LogP contribution in [0.15, 0.2) is 53.4 Å². The molecule has 1 heterocycles. The molecule has 1 saturated heterocycles. The van der Waals surface area contributed by atoms with Gasteiger partial charge in [0.15, 0.2) is 0 Å². The van der Waals surface area contributed by atoms with Crippen LogP contribution in [-0.4, -0.2) is 44.9 Å². The summed E-state index contributed by atoms with van der Waals surface area (Å²) in [7, 11) is -3.81. The third-order valence-electron chi connectivity index (χ3n) is 4.03. The van der Waals surface area contributed by atoms with E-state index in [1.807, 2.05) is 30.3 Å². The molecule has 9 heteroatoms. The number of hydrogen-bond donors (Lipinski definition) is 1. The Morgan fingerprint density at radius 3 is 2.56 bits per heavy atom. The second-order valence-electron chi connectivity index (χ2n) is 5.87. The third kappa shape index (κ3) is 4.85. The van der Waals surface area contributed by atoms with Crippen LogP contribution in [0.25, 0.3) is 0 Å². The molecule has 0 saturated carbocycles. The van der Waals surface area contributed by atoms with E-state index >= 15 is 0 Å². The van der Waals surface area contributed by atoms with Crippen LogP contribution in [0, 0.1) is 0 Å².